The summed E-state index contributed by atoms with van der Waals surface area (Å²) in [4.78, 5) is 41.7. The molecule has 3 fully saturated rings. The number of hydrogen-bond acceptors (Lipinski definition) is 5. The largest absolute Gasteiger partial charge is 0.394 e. The fraction of sp³-hybridized carbons (Fsp3) is 0.864. The number of amides is 3. The van der Waals surface area contributed by atoms with Gasteiger partial charge in [0.15, 0.2) is 0 Å². The number of aliphatic hydroxyl groups excluding tert-OH is 1. The second-order valence-corrected chi connectivity index (χ2v) is 10.2. The molecule has 0 aromatic rings. The fourth-order valence-corrected chi connectivity index (χ4v) is 6.11. The van der Waals surface area contributed by atoms with Crippen molar-refractivity contribution < 1.29 is 24.2 Å². The fourth-order valence-electron chi connectivity index (χ4n) is 6.11. The Morgan fingerprint density at radius 2 is 1.90 bits per heavy atom. The van der Waals surface area contributed by atoms with Gasteiger partial charge in [-0.15, -0.1) is 0 Å². The smallest absolute Gasteiger partial charge is 0.246 e. The van der Waals surface area contributed by atoms with E-state index in [0.29, 0.717) is 12.8 Å². The number of carbonyl (C=O) groups is 3. The van der Waals surface area contributed by atoms with Crippen molar-refractivity contribution >= 4 is 17.7 Å². The predicted molar refractivity (Wildman–Crippen MR) is 111 cm³/mol. The van der Waals surface area contributed by atoms with Gasteiger partial charge in [-0.05, 0) is 45.4 Å². The molecule has 3 unspecified atom stereocenters. The van der Waals surface area contributed by atoms with Crippen LogP contribution in [0.25, 0.3) is 0 Å². The molecule has 3 heterocycles. The Morgan fingerprint density at radius 3 is 2.40 bits per heavy atom. The molecular formula is C22H37N3O5. The van der Waals surface area contributed by atoms with Crippen LogP contribution < -0.4 is 10.6 Å². The number of hydrogen-bond donors (Lipinski definition) is 3. The lowest BCUT2D eigenvalue weighted by atomic mass is 9.62. The number of likely N-dealkylation sites (tertiary alicyclic amines) is 1. The summed E-state index contributed by atoms with van der Waals surface area (Å²) in [7, 11) is 1.56. The predicted octanol–water partition coefficient (Wildman–Crippen LogP) is 0.675. The number of nitrogens with zero attached hydrogens (tertiary/aromatic N) is 1. The van der Waals surface area contributed by atoms with Gasteiger partial charge in [-0.25, -0.2) is 0 Å². The van der Waals surface area contributed by atoms with Gasteiger partial charge in [0.25, 0.3) is 0 Å². The summed E-state index contributed by atoms with van der Waals surface area (Å²) < 4.78 is 6.57. The molecule has 30 heavy (non-hydrogen) atoms. The number of ether oxygens (including phenoxy) is 1. The van der Waals surface area contributed by atoms with Crippen molar-refractivity contribution in [1.29, 1.82) is 0 Å². The molecular weight excluding hydrogens is 386 g/mol. The molecule has 3 aliphatic heterocycles. The minimum atomic E-state index is -1.06. The molecule has 3 amide bonds. The quantitative estimate of drug-likeness (QED) is 0.558. The second-order valence-electron chi connectivity index (χ2n) is 10.2. The van der Waals surface area contributed by atoms with Crippen LogP contribution in [0.2, 0.25) is 0 Å². The Kier molecular flexibility index (Phi) is 5.97. The Labute approximate surface area is 179 Å². The van der Waals surface area contributed by atoms with Crippen LogP contribution in [0.1, 0.15) is 54.4 Å². The topological polar surface area (TPSA) is 108 Å². The Balaban J connectivity index is 2.14. The number of carbonyl (C=O) groups excluding carboxylic acids is 3. The van der Waals surface area contributed by atoms with Crippen LogP contribution in [0.5, 0.6) is 0 Å². The van der Waals surface area contributed by atoms with Crippen LogP contribution in [-0.2, 0) is 19.1 Å². The Bertz CT molecular complexity index is 726. The van der Waals surface area contributed by atoms with Crippen molar-refractivity contribution in [2.45, 2.75) is 83.7 Å². The highest BCUT2D eigenvalue weighted by atomic mass is 16.5. The molecule has 7 atom stereocenters. The van der Waals surface area contributed by atoms with E-state index in [0.717, 1.165) is 0 Å². The van der Waals surface area contributed by atoms with E-state index in [1.165, 1.54) is 4.90 Å². The van der Waals surface area contributed by atoms with E-state index < -0.39 is 35.1 Å². The van der Waals surface area contributed by atoms with E-state index in [1.807, 2.05) is 41.5 Å². The zero-order chi connectivity index (χ0) is 22.6. The van der Waals surface area contributed by atoms with E-state index in [4.69, 9.17) is 4.74 Å². The molecule has 3 rings (SSSR count). The minimum absolute atomic E-state index is 0.0100. The van der Waals surface area contributed by atoms with Crippen molar-refractivity contribution in [3.8, 4) is 0 Å². The van der Waals surface area contributed by atoms with E-state index in [9.17, 15) is 19.5 Å². The summed E-state index contributed by atoms with van der Waals surface area (Å²) >= 11 is 0. The third-order valence-corrected chi connectivity index (χ3v) is 7.31. The molecule has 0 saturated carbocycles. The molecule has 0 aromatic carbocycles. The third-order valence-electron chi connectivity index (χ3n) is 7.31. The van der Waals surface area contributed by atoms with Crippen LogP contribution >= 0.6 is 0 Å². The van der Waals surface area contributed by atoms with Gasteiger partial charge in [0, 0.05) is 13.1 Å². The first-order chi connectivity index (χ1) is 13.9. The van der Waals surface area contributed by atoms with Gasteiger partial charge in [-0.3, -0.25) is 14.4 Å². The summed E-state index contributed by atoms with van der Waals surface area (Å²) in [6.07, 6.45) is 1.09. The van der Waals surface area contributed by atoms with Crippen LogP contribution in [-0.4, -0.2) is 70.7 Å². The molecule has 3 aliphatic rings. The summed E-state index contributed by atoms with van der Waals surface area (Å²) in [5.74, 6) is -1.95. The van der Waals surface area contributed by atoms with Gasteiger partial charge < -0.3 is 25.4 Å². The maximum absolute atomic E-state index is 13.8. The molecule has 8 nitrogen and oxygen atoms in total. The van der Waals surface area contributed by atoms with E-state index in [2.05, 4.69) is 10.6 Å². The molecule has 1 spiro atoms. The van der Waals surface area contributed by atoms with Gasteiger partial charge >= 0.3 is 0 Å². The number of fused-ring (bicyclic) bond motifs is 1. The van der Waals surface area contributed by atoms with Crippen molar-refractivity contribution in [2.75, 3.05) is 13.7 Å². The minimum Gasteiger partial charge on any atom is -0.394 e. The molecule has 0 aromatic heterocycles. The Morgan fingerprint density at radius 1 is 1.27 bits per heavy atom. The highest BCUT2D eigenvalue weighted by Gasteiger charge is 2.80. The summed E-state index contributed by atoms with van der Waals surface area (Å²) in [5, 5.41) is 15.8. The van der Waals surface area contributed by atoms with Crippen molar-refractivity contribution in [3.63, 3.8) is 0 Å². The zero-order valence-corrected chi connectivity index (χ0v) is 19.2. The number of nitrogens with one attached hydrogen (secondary N) is 2. The maximum atomic E-state index is 13.8. The molecule has 2 bridgehead atoms. The molecule has 3 N–H and O–H groups in total. The summed E-state index contributed by atoms with van der Waals surface area (Å²) in [6, 6.07) is -1.48. The standard InChI is InChI=1S/C22H37N3O5/c1-11(2)8-14(10-26)25-17(19(28)24-12(3)4)22-9-13(5)21(6,30-22)15(18(27)23-7)16(22)20(25)29/h11-17,26H,8-10H2,1-7H3,(H,23,27)(H,24,28)/t13?,14-,15+,16+,17?,21-,22?/m1/s1. The van der Waals surface area contributed by atoms with Gasteiger partial charge in [-0.1, -0.05) is 20.8 Å². The van der Waals surface area contributed by atoms with Crippen LogP contribution in [0.15, 0.2) is 0 Å². The Hall–Kier alpha value is -1.67. The van der Waals surface area contributed by atoms with Crippen LogP contribution in [0.3, 0.4) is 0 Å². The lowest BCUT2D eigenvalue weighted by Gasteiger charge is -2.37. The normalized spacial score (nSPS) is 38.3. The molecule has 0 radical (unpaired) electrons. The number of rotatable bonds is 7. The maximum Gasteiger partial charge on any atom is 0.246 e. The highest BCUT2D eigenvalue weighted by molar-refractivity contribution is 5.99. The zero-order valence-electron chi connectivity index (χ0n) is 19.2. The molecule has 170 valence electrons. The average Bonchev–Trinajstić information content (AvgIpc) is 3.15. The van der Waals surface area contributed by atoms with Crippen molar-refractivity contribution in [1.82, 2.24) is 15.5 Å². The lowest BCUT2D eigenvalue weighted by Crippen LogP contribution is -2.59. The first-order valence-electron chi connectivity index (χ1n) is 11.1. The van der Waals surface area contributed by atoms with Crippen LogP contribution in [0, 0.1) is 23.7 Å². The van der Waals surface area contributed by atoms with Gasteiger partial charge in [0.1, 0.15) is 11.6 Å². The van der Waals surface area contributed by atoms with E-state index in [1.54, 1.807) is 7.05 Å². The third kappa shape index (κ3) is 3.14. The van der Waals surface area contributed by atoms with Crippen molar-refractivity contribution in [2.24, 2.45) is 23.7 Å². The second kappa shape index (κ2) is 7.79. The lowest BCUT2D eigenvalue weighted by molar-refractivity contribution is -0.151. The molecule has 0 aliphatic carbocycles. The highest BCUT2D eigenvalue weighted by Crippen LogP contribution is 2.65. The first kappa shape index (κ1) is 23.0. The van der Waals surface area contributed by atoms with Crippen LogP contribution in [0.4, 0.5) is 0 Å². The first-order valence-corrected chi connectivity index (χ1v) is 11.1. The van der Waals surface area contributed by atoms with E-state index in [-0.39, 0.29) is 42.2 Å². The van der Waals surface area contributed by atoms with Crippen molar-refractivity contribution in [3.05, 3.63) is 0 Å². The monoisotopic (exact) mass is 423 g/mol. The summed E-state index contributed by atoms with van der Waals surface area (Å²) in [6.45, 7) is 11.4. The van der Waals surface area contributed by atoms with Gasteiger partial charge in [0.05, 0.1) is 30.1 Å². The molecule has 8 heteroatoms. The van der Waals surface area contributed by atoms with E-state index >= 15 is 0 Å². The van der Waals surface area contributed by atoms with Gasteiger partial charge in [0.2, 0.25) is 17.7 Å². The average molecular weight is 424 g/mol. The SMILES string of the molecule is CNC(=O)[C@@H]1[C@H]2C(=O)N([C@@H](CO)CC(C)C)C(C(=O)NC(C)C)C23CC(C)[C@@]1(C)O3. The summed E-state index contributed by atoms with van der Waals surface area (Å²) in [5.41, 5.74) is -1.87. The molecule has 3 saturated heterocycles. The van der Waals surface area contributed by atoms with Gasteiger partial charge in [-0.2, -0.15) is 0 Å². The number of aliphatic hydroxyl groups is 1.